The molecule has 0 aliphatic carbocycles. The van der Waals surface area contributed by atoms with Gasteiger partial charge in [-0.1, -0.05) is 64.1 Å². The summed E-state index contributed by atoms with van der Waals surface area (Å²) in [5.74, 6) is 1.37. The highest BCUT2D eigenvalue weighted by Crippen LogP contribution is 2.28. The standard InChI is InChI=1S/C28H40N2O2/c1-7-12-26(32-15-8-2)14-11-13-25-18-22(6)19-30(25)20-27(31)29-28-23(9-3)16-21(5)17-24(28)10-4/h7,11-14,16-17,22H,1,8-10,15,18-20H2,2-6H3,(H,29,31)/b14-11-,25-13+,26-12+. The van der Waals surface area contributed by atoms with Crippen LogP contribution in [-0.2, 0) is 22.4 Å². The lowest BCUT2D eigenvalue weighted by atomic mass is 9.99. The monoisotopic (exact) mass is 436 g/mol. The number of carbonyl (C=O) groups is 1. The largest absolute Gasteiger partial charge is 0.494 e. The van der Waals surface area contributed by atoms with Gasteiger partial charge in [0.05, 0.1) is 13.2 Å². The highest BCUT2D eigenvalue weighted by Gasteiger charge is 2.25. The Balaban J connectivity index is 2.11. The number of carbonyl (C=O) groups excluding carboxylic acids is 1. The van der Waals surface area contributed by atoms with Gasteiger partial charge in [0.15, 0.2) is 0 Å². The van der Waals surface area contributed by atoms with E-state index in [0.29, 0.717) is 19.1 Å². The minimum Gasteiger partial charge on any atom is -0.494 e. The van der Waals surface area contributed by atoms with Crippen LogP contribution in [0.2, 0.25) is 0 Å². The Morgan fingerprint density at radius 2 is 1.94 bits per heavy atom. The molecule has 0 saturated carbocycles. The molecule has 1 unspecified atom stereocenters. The summed E-state index contributed by atoms with van der Waals surface area (Å²) in [6.45, 7) is 16.4. The zero-order valence-electron chi connectivity index (χ0n) is 20.5. The van der Waals surface area contributed by atoms with Gasteiger partial charge < -0.3 is 15.0 Å². The van der Waals surface area contributed by atoms with E-state index in [2.05, 4.69) is 69.6 Å². The summed E-state index contributed by atoms with van der Waals surface area (Å²) >= 11 is 0. The summed E-state index contributed by atoms with van der Waals surface area (Å²) in [4.78, 5) is 15.2. The second kappa shape index (κ2) is 12.9. The summed E-state index contributed by atoms with van der Waals surface area (Å²) in [7, 11) is 0. The highest BCUT2D eigenvalue weighted by molar-refractivity contribution is 5.94. The zero-order valence-corrected chi connectivity index (χ0v) is 20.5. The van der Waals surface area contributed by atoms with Crippen LogP contribution < -0.4 is 5.32 Å². The quantitative estimate of drug-likeness (QED) is 0.325. The minimum atomic E-state index is 0.0424. The van der Waals surface area contributed by atoms with Crippen molar-refractivity contribution in [3.8, 4) is 0 Å². The van der Waals surface area contributed by atoms with E-state index in [1.807, 2.05) is 18.2 Å². The van der Waals surface area contributed by atoms with Gasteiger partial charge in [-0.3, -0.25) is 4.79 Å². The molecule has 1 aromatic carbocycles. The Kier molecular flexibility index (Phi) is 10.3. The van der Waals surface area contributed by atoms with Gasteiger partial charge in [0.2, 0.25) is 5.91 Å². The number of amides is 1. The average Bonchev–Trinajstić information content (AvgIpc) is 3.11. The molecule has 1 saturated heterocycles. The Morgan fingerprint density at radius 1 is 1.25 bits per heavy atom. The summed E-state index contributed by atoms with van der Waals surface area (Å²) in [6, 6.07) is 4.36. The van der Waals surface area contributed by atoms with Crippen molar-refractivity contribution in [3.05, 3.63) is 77.2 Å². The van der Waals surface area contributed by atoms with Crippen molar-refractivity contribution >= 4 is 11.6 Å². The first-order valence-electron chi connectivity index (χ1n) is 11.9. The maximum atomic E-state index is 13.0. The van der Waals surface area contributed by atoms with Crippen molar-refractivity contribution < 1.29 is 9.53 Å². The lowest BCUT2D eigenvalue weighted by Gasteiger charge is -2.21. The first-order valence-corrected chi connectivity index (χ1v) is 11.9. The molecule has 0 aromatic heterocycles. The van der Waals surface area contributed by atoms with Crippen LogP contribution in [0.1, 0.15) is 57.2 Å². The molecule has 1 amide bonds. The molecular weight excluding hydrogens is 396 g/mol. The van der Waals surface area contributed by atoms with E-state index in [1.165, 1.54) is 22.4 Å². The maximum Gasteiger partial charge on any atom is 0.243 e. The lowest BCUT2D eigenvalue weighted by Crippen LogP contribution is -2.31. The first kappa shape index (κ1) is 25.5. The number of allylic oxidation sites excluding steroid dienone is 6. The SMILES string of the molecule is C=C\C=C(/C=C\C=C1/CC(C)CN1CC(=O)Nc1c(CC)cc(C)cc1CC)OCCC. The van der Waals surface area contributed by atoms with Crippen LogP contribution in [0.25, 0.3) is 0 Å². The van der Waals surface area contributed by atoms with Crippen LogP contribution in [0.5, 0.6) is 0 Å². The third kappa shape index (κ3) is 7.44. The lowest BCUT2D eigenvalue weighted by molar-refractivity contribution is -0.116. The zero-order chi connectivity index (χ0) is 23.5. The van der Waals surface area contributed by atoms with Crippen molar-refractivity contribution in [2.24, 2.45) is 5.92 Å². The molecule has 1 N–H and O–H groups in total. The number of anilines is 1. The van der Waals surface area contributed by atoms with Crippen LogP contribution >= 0.6 is 0 Å². The van der Waals surface area contributed by atoms with Crippen molar-refractivity contribution in [1.29, 1.82) is 0 Å². The fourth-order valence-electron chi connectivity index (χ4n) is 4.14. The smallest absolute Gasteiger partial charge is 0.243 e. The van der Waals surface area contributed by atoms with Gasteiger partial charge >= 0.3 is 0 Å². The molecule has 1 aliphatic rings. The van der Waals surface area contributed by atoms with E-state index in [9.17, 15) is 4.79 Å². The number of hydrogen-bond acceptors (Lipinski definition) is 3. The van der Waals surface area contributed by atoms with E-state index in [4.69, 9.17) is 4.74 Å². The topological polar surface area (TPSA) is 41.6 Å². The normalized spacial score (nSPS) is 17.9. The molecule has 1 aromatic rings. The number of rotatable bonds is 11. The van der Waals surface area contributed by atoms with Gasteiger partial charge in [-0.2, -0.15) is 0 Å². The summed E-state index contributed by atoms with van der Waals surface area (Å²) in [5, 5.41) is 3.22. The maximum absolute atomic E-state index is 13.0. The molecule has 0 bridgehead atoms. The fourth-order valence-corrected chi connectivity index (χ4v) is 4.14. The number of benzene rings is 1. The first-order chi connectivity index (χ1) is 15.4. The Morgan fingerprint density at radius 3 is 2.53 bits per heavy atom. The molecule has 1 aliphatic heterocycles. The van der Waals surface area contributed by atoms with Crippen molar-refractivity contribution in [2.75, 3.05) is 25.0 Å². The predicted octanol–water partition coefficient (Wildman–Crippen LogP) is 6.34. The highest BCUT2D eigenvalue weighted by atomic mass is 16.5. The second-order valence-electron chi connectivity index (χ2n) is 8.57. The molecule has 0 spiro atoms. The summed E-state index contributed by atoms with van der Waals surface area (Å²) in [6.07, 6.45) is 13.4. The van der Waals surface area contributed by atoms with Gasteiger partial charge in [-0.25, -0.2) is 0 Å². The molecule has 1 fully saturated rings. The average molecular weight is 437 g/mol. The fraction of sp³-hybridized carbons (Fsp3) is 0.464. The van der Waals surface area contributed by atoms with Crippen LogP contribution in [0.4, 0.5) is 5.69 Å². The number of ether oxygens (including phenoxy) is 1. The van der Waals surface area contributed by atoms with Crippen LogP contribution in [0.3, 0.4) is 0 Å². The van der Waals surface area contributed by atoms with Crippen LogP contribution in [-0.4, -0.2) is 30.5 Å². The predicted molar refractivity (Wildman–Crippen MR) is 136 cm³/mol. The number of likely N-dealkylation sites (tertiary alicyclic amines) is 1. The van der Waals surface area contributed by atoms with E-state index in [-0.39, 0.29) is 5.91 Å². The van der Waals surface area contributed by atoms with Crippen LogP contribution in [0.15, 0.2) is 60.5 Å². The molecule has 2 rings (SSSR count). The minimum absolute atomic E-state index is 0.0424. The molecular formula is C28H40N2O2. The van der Waals surface area contributed by atoms with Gasteiger partial charge in [0.1, 0.15) is 5.76 Å². The Bertz CT molecular complexity index is 854. The molecule has 4 heteroatoms. The van der Waals surface area contributed by atoms with E-state index >= 15 is 0 Å². The van der Waals surface area contributed by atoms with Gasteiger partial charge in [-0.05, 0) is 67.9 Å². The van der Waals surface area contributed by atoms with Crippen molar-refractivity contribution in [2.45, 2.75) is 60.3 Å². The van der Waals surface area contributed by atoms with Gasteiger partial charge in [0, 0.05) is 17.9 Å². The molecule has 0 radical (unpaired) electrons. The number of aryl methyl sites for hydroxylation is 3. The van der Waals surface area contributed by atoms with E-state index < -0.39 is 0 Å². The number of nitrogens with zero attached hydrogens (tertiary/aromatic N) is 1. The van der Waals surface area contributed by atoms with Crippen LogP contribution in [0, 0.1) is 12.8 Å². The number of hydrogen-bond donors (Lipinski definition) is 1. The van der Waals surface area contributed by atoms with Crippen molar-refractivity contribution in [3.63, 3.8) is 0 Å². The second-order valence-corrected chi connectivity index (χ2v) is 8.57. The Labute approximate surface area is 194 Å². The Hall–Kier alpha value is -2.75. The number of nitrogens with one attached hydrogen (secondary N) is 1. The molecule has 4 nitrogen and oxygen atoms in total. The molecule has 32 heavy (non-hydrogen) atoms. The third-order valence-electron chi connectivity index (χ3n) is 5.61. The third-order valence-corrected chi connectivity index (χ3v) is 5.61. The van der Waals surface area contributed by atoms with Gasteiger partial charge in [-0.15, -0.1) is 0 Å². The summed E-state index contributed by atoms with van der Waals surface area (Å²) in [5.41, 5.74) is 5.84. The summed E-state index contributed by atoms with van der Waals surface area (Å²) < 4.78 is 5.72. The van der Waals surface area contributed by atoms with Gasteiger partial charge in [0.25, 0.3) is 0 Å². The molecule has 174 valence electrons. The van der Waals surface area contributed by atoms with E-state index in [1.54, 1.807) is 6.08 Å². The van der Waals surface area contributed by atoms with E-state index in [0.717, 1.165) is 43.7 Å². The molecule has 1 atom stereocenters. The molecule has 1 heterocycles. The van der Waals surface area contributed by atoms with Crippen molar-refractivity contribution in [1.82, 2.24) is 4.90 Å².